The zero-order valence-electron chi connectivity index (χ0n) is 13.7. The molecule has 1 unspecified atom stereocenters. The van der Waals surface area contributed by atoms with Crippen molar-refractivity contribution in [3.05, 3.63) is 24.3 Å². The van der Waals surface area contributed by atoms with Crippen molar-refractivity contribution in [2.45, 2.75) is 45.9 Å². The van der Waals surface area contributed by atoms with Crippen molar-refractivity contribution in [1.29, 1.82) is 0 Å². The quantitative estimate of drug-likeness (QED) is 0.750. The van der Waals surface area contributed by atoms with Crippen LogP contribution >= 0.6 is 0 Å². The highest BCUT2D eigenvalue weighted by Crippen LogP contribution is 2.32. The lowest BCUT2D eigenvalue weighted by atomic mass is 10.0. The predicted octanol–water partition coefficient (Wildman–Crippen LogP) is 3.01. The molecule has 0 fully saturated rings. The number of nitrogens with one attached hydrogen (secondary N) is 1. The van der Waals surface area contributed by atoms with Crippen LogP contribution in [0.4, 0.5) is 11.4 Å². The van der Waals surface area contributed by atoms with Crippen molar-refractivity contribution in [3.63, 3.8) is 0 Å². The summed E-state index contributed by atoms with van der Waals surface area (Å²) in [5, 5.41) is 3.34. The van der Waals surface area contributed by atoms with Gasteiger partial charge in [0.25, 0.3) is 0 Å². The van der Waals surface area contributed by atoms with E-state index in [0.29, 0.717) is 19.8 Å². The maximum absolute atomic E-state index is 12.8. The normalized spacial score (nSPS) is 17.5. The smallest absolute Gasteiger partial charge is 0.249 e. The molecule has 1 heterocycles. The molecular weight excluding hydrogens is 280 g/mol. The molecule has 1 atom stereocenters. The number of nitrogens with zero attached hydrogens (tertiary/aromatic N) is 1. The van der Waals surface area contributed by atoms with Gasteiger partial charge in [0.1, 0.15) is 6.04 Å². The molecule has 5 heteroatoms. The Labute approximate surface area is 132 Å². The monoisotopic (exact) mass is 306 g/mol. The number of hydrogen-bond acceptors (Lipinski definition) is 4. The molecule has 2 rings (SSSR count). The van der Waals surface area contributed by atoms with Gasteiger partial charge in [0.05, 0.1) is 17.9 Å². The maximum Gasteiger partial charge on any atom is 0.249 e. The molecule has 122 valence electrons. The van der Waals surface area contributed by atoms with Gasteiger partial charge in [-0.25, -0.2) is 0 Å². The Morgan fingerprint density at radius 2 is 1.86 bits per heavy atom. The van der Waals surface area contributed by atoms with E-state index < -0.39 is 6.29 Å². The van der Waals surface area contributed by atoms with E-state index in [2.05, 4.69) is 12.2 Å². The van der Waals surface area contributed by atoms with Crippen LogP contribution in [-0.2, 0) is 14.3 Å². The highest BCUT2D eigenvalue weighted by molar-refractivity contribution is 6.04. The van der Waals surface area contributed by atoms with Crippen molar-refractivity contribution < 1.29 is 14.3 Å². The summed E-state index contributed by atoms with van der Waals surface area (Å²) in [4.78, 5) is 14.6. The molecule has 1 N–H and O–H groups in total. The third-order valence-corrected chi connectivity index (χ3v) is 3.70. The van der Waals surface area contributed by atoms with Gasteiger partial charge in [-0.2, -0.15) is 0 Å². The number of carbonyl (C=O) groups is 1. The minimum Gasteiger partial charge on any atom is -0.372 e. The van der Waals surface area contributed by atoms with Crippen molar-refractivity contribution in [3.8, 4) is 0 Å². The van der Waals surface area contributed by atoms with Gasteiger partial charge >= 0.3 is 0 Å². The van der Waals surface area contributed by atoms with E-state index in [1.165, 1.54) is 0 Å². The van der Waals surface area contributed by atoms with Crippen molar-refractivity contribution >= 4 is 17.3 Å². The molecule has 1 aromatic rings. The van der Waals surface area contributed by atoms with Gasteiger partial charge in [-0.3, -0.25) is 4.79 Å². The Morgan fingerprint density at radius 1 is 1.18 bits per heavy atom. The van der Waals surface area contributed by atoms with Gasteiger partial charge < -0.3 is 19.7 Å². The Kier molecular flexibility index (Phi) is 6.21. The number of ether oxygens (including phenoxy) is 2. The first-order valence-electron chi connectivity index (χ1n) is 8.11. The zero-order valence-corrected chi connectivity index (χ0v) is 13.7. The molecule has 0 bridgehead atoms. The van der Waals surface area contributed by atoms with E-state index >= 15 is 0 Å². The van der Waals surface area contributed by atoms with E-state index in [1.807, 2.05) is 38.1 Å². The molecule has 0 aliphatic carbocycles. The van der Waals surface area contributed by atoms with Crippen molar-refractivity contribution in [2.75, 3.05) is 30.0 Å². The molecule has 0 aromatic heterocycles. The fourth-order valence-corrected chi connectivity index (χ4v) is 2.73. The van der Waals surface area contributed by atoms with Crippen molar-refractivity contribution in [1.82, 2.24) is 0 Å². The van der Waals surface area contributed by atoms with Crippen LogP contribution in [0.15, 0.2) is 24.3 Å². The second-order valence-corrected chi connectivity index (χ2v) is 5.29. The average Bonchev–Trinajstić information content (AvgIpc) is 2.52. The van der Waals surface area contributed by atoms with E-state index in [0.717, 1.165) is 24.2 Å². The first-order valence-corrected chi connectivity index (χ1v) is 8.11. The van der Waals surface area contributed by atoms with Crippen LogP contribution in [0.1, 0.15) is 33.6 Å². The third kappa shape index (κ3) is 3.78. The van der Waals surface area contributed by atoms with E-state index in [4.69, 9.17) is 9.47 Å². The van der Waals surface area contributed by atoms with Crippen LogP contribution in [0.25, 0.3) is 0 Å². The van der Waals surface area contributed by atoms with Crippen LogP contribution in [0.5, 0.6) is 0 Å². The second kappa shape index (κ2) is 8.15. The molecule has 0 saturated carbocycles. The molecular formula is C17H26N2O3. The number of para-hydroxylation sites is 2. The Hall–Kier alpha value is -1.59. The number of benzene rings is 1. The van der Waals surface area contributed by atoms with Gasteiger partial charge in [0.2, 0.25) is 5.91 Å². The van der Waals surface area contributed by atoms with Gasteiger partial charge in [0, 0.05) is 13.2 Å². The zero-order chi connectivity index (χ0) is 15.9. The lowest BCUT2D eigenvalue weighted by Gasteiger charge is -2.36. The number of hydrogen-bond donors (Lipinski definition) is 1. The van der Waals surface area contributed by atoms with Gasteiger partial charge in [-0.15, -0.1) is 0 Å². The number of rotatable bonds is 8. The first-order chi connectivity index (χ1) is 10.7. The first kappa shape index (κ1) is 16.8. The molecule has 22 heavy (non-hydrogen) atoms. The fourth-order valence-electron chi connectivity index (χ4n) is 2.73. The summed E-state index contributed by atoms with van der Waals surface area (Å²) in [6.07, 6.45) is 1.38. The SMILES string of the molecule is CCCC1Nc2ccccc2N(CC(OCC)OCC)C1=O. The van der Waals surface area contributed by atoms with Crippen LogP contribution in [0.3, 0.4) is 0 Å². The van der Waals surface area contributed by atoms with Gasteiger partial charge in [-0.05, 0) is 32.4 Å². The summed E-state index contributed by atoms with van der Waals surface area (Å²) in [6, 6.07) is 7.71. The minimum absolute atomic E-state index is 0.0879. The molecule has 1 aliphatic rings. The Morgan fingerprint density at radius 3 is 2.50 bits per heavy atom. The summed E-state index contributed by atoms with van der Waals surface area (Å²) in [5.74, 6) is 0.0879. The van der Waals surface area contributed by atoms with Crippen LogP contribution in [-0.4, -0.2) is 38.0 Å². The van der Waals surface area contributed by atoms with Crippen LogP contribution in [0.2, 0.25) is 0 Å². The van der Waals surface area contributed by atoms with Crippen LogP contribution in [0, 0.1) is 0 Å². The molecule has 0 saturated heterocycles. The topological polar surface area (TPSA) is 50.8 Å². The standard InChI is InChI=1S/C17H26N2O3/c1-4-9-14-17(20)19(12-16(21-5-2)22-6-3)15-11-8-7-10-13(15)18-14/h7-8,10-11,14,16,18H,4-6,9,12H2,1-3H3. The summed E-state index contributed by atoms with van der Waals surface area (Å²) in [5.41, 5.74) is 1.89. The number of fused-ring (bicyclic) bond motifs is 1. The number of carbonyl (C=O) groups excluding carboxylic acids is 1. The van der Waals surface area contributed by atoms with E-state index in [-0.39, 0.29) is 11.9 Å². The van der Waals surface area contributed by atoms with Crippen LogP contribution < -0.4 is 10.2 Å². The average molecular weight is 306 g/mol. The summed E-state index contributed by atoms with van der Waals surface area (Å²) in [6.45, 7) is 7.48. The lowest BCUT2D eigenvalue weighted by molar-refractivity contribution is -0.136. The maximum atomic E-state index is 12.8. The predicted molar refractivity (Wildman–Crippen MR) is 88.2 cm³/mol. The Bertz CT molecular complexity index is 487. The highest BCUT2D eigenvalue weighted by Gasteiger charge is 2.33. The molecule has 0 radical (unpaired) electrons. The van der Waals surface area contributed by atoms with E-state index in [1.54, 1.807) is 4.90 Å². The molecule has 1 aliphatic heterocycles. The molecule has 1 amide bonds. The van der Waals surface area contributed by atoms with Crippen molar-refractivity contribution in [2.24, 2.45) is 0 Å². The lowest BCUT2D eigenvalue weighted by Crippen LogP contribution is -2.50. The van der Waals surface area contributed by atoms with E-state index in [9.17, 15) is 4.79 Å². The number of anilines is 2. The summed E-state index contributed by atoms with van der Waals surface area (Å²) >= 11 is 0. The third-order valence-electron chi connectivity index (χ3n) is 3.70. The Balaban J connectivity index is 2.24. The molecule has 5 nitrogen and oxygen atoms in total. The second-order valence-electron chi connectivity index (χ2n) is 5.29. The molecule has 1 aromatic carbocycles. The van der Waals surface area contributed by atoms with Gasteiger partial charge in [-0.1, -0.05) is 25.5 Å². The van der Waals surface area contributed by atoms with Gasteiger partial charge in [0.15, 0.2) is 6.29 Å². The fraction of sp³-hybridized carbons (Fsp3) is 0.588. The minimum atomic E-state index is -0.396. The largest absolute Gasteiger partial charge is 0.372 e. The summed E-state index contributed by atoms with van der Waals surface area (Å²) in [7, 11) is 0. The molecule has 0 spiro atoms. The highest BCUT2D eigenvalue weighted by atomic mass is 16.7. The number of amides is 1. The summed E-state index contributed by atoms with van der Waals surface area (Å²) < 4.78 is 11.2.